The zero-order chi connectivity index (χ0) is 12.2. The molecule has 0 rings (SSSR count). The molecule has 0 heterocycles. The smallest absolute Gasteiger partial charge is 0.320 e. The minimum Gasteiger partial charge on any atom is -0.481 e. The molecular weight excluding hydrogens is 225 g/mol. The lowest BCUT2D eigenvalue weighted by molar-refractivity contribution is -0.145. The van der Waals surface area contributed by atoms with Gasteiger partial charge in [-0.15, -0.1) is 0 Å². The topological polar surface area (TPSA) is 138 Å². The number of carboxylic acids is 2. The van der Waals surface area contributed by atoms with E-state index in [9.17, 15) is 14.2 Å². The molecule has 0 saturated carbocycles. The molecule has 15 heavy (non-hydrogen) atoms. The minimum absolute atomic E-state index is 0.397. The molecule has 7 nitrogen and oxygen atoms in total. The number of aliphatic carboxylic acids is 2. The van der Waals surface area contributed by atoms with Gasteiger partial charge in [0.25, 0.3) is 0 Å². The molecular formula is C7H14NO6P. The highest BCUT2D eigenvalue weighted by atomic mass is 31.1. The molecule has 0 aliphatic rings. The molecule has 0 aliphatic carbocycles. The number of hydrogen-bond acceptors (Lipinski definition) is 4. The van der Waals surface area contributed by atoms with Crippen molar-refractivity contribution in [2.75, 3.05) is 6.16 Å². The van der Waals surface area contributed by atoms with Gasteiger partial charge < -0.3 is 20.8 Å². The summed E-state index contributed by atoms with van der Waals surface area (Å²) in [6, 6.07) is -1.45. The van der Waals surface area contributed by atoms with Crippen LogP contribution < -0.4 is 5.73 Å². The Morgan fingerprint density at radius 2 is 1.80 bits per heavy atom. The van der Waals surface area contributed by atoms with E-state index >= 15 is 0 Å². The van der Waals surface area contributed by atoms with Crippen LogP contribution in [0.25, 0.3) is 0 Å². The molecule has 0 aliphatic heterocycles. The Morgan fingerprint density at radius 1 is 1.33 bits per heavy atom. The normalized spacial score (nSPS) is 18.9. The van der Waals surface area contributed by atoms with Gasteiger partial charge in [0.1, 0.15) is 6.04 Å². The predicted octanol–water partition coefficient (Wildman–Crippen LogP) is -0.798. The standard InChI is InChI=1S/C7H14NO6P/c1-3(6(9)10)4(2-15(13)14)5(8)7(11)12/h3-5,15H,2,8H2,1H3,(H,9,10)(H,11,12)(H,13,14). The van der Waals surface area contributed by atoms with Crippen molar-refractivity contribution >= 4 is 20.0 Å². The van der Waals surface area contributed by atoms with E-state index in [1.165, 1.54) is 6.92 Å². The maximum Gasteiger partial charge on any atom is 0.320 e. The molecule has 0 spiro atoms. The zero-order valence-electron chi connectivity index (χ0n) is 8.08. The lowest BCUT2D eigenvalue weighted by Crippen LogP contribution is -2.44. The maximum atomic E-state index is 10.6. The van der Waals surface area contributed by atoms with Crippen molar-refractivity contribution in [3.05, 3.63) is 0 Å². The van der Waals surface area contributed by atoms with E-state index in [0.29, 0.717) is 0 Å². The Morgan fingerprint density at radius 3 is 2.07 bits per heavy atom. The van der Waals surface area contributed by atoms with Crippen LogP contribution >= 0.6 is 8.03 Å². The molecule has 0 fully saturated rings. The first-order valence-corrected chi connectivity index (χ1v) is 5.76. The number of hydrogen-bond donors (Lipinski definition) is 4. The second-order valence-electron chi connectivity index (χ2n) is 3.25. The van der Waals surface area contributed by atoms with Crippen molar-refractivity contribution in [3.63, 3.8) is 0 Å². The average Bonchev–Trinajstić information content (AvgIpc) is 2.11. The van der Waals surface area contributed by atoms with Gasteiger partial charge in [-0.05, 0) is 0 Å². The van der Waals surface area contributed by atoms with Crippen molar-refractivity contribution in [2.24, 2.45) is 17.6 Å². The van der Waals surface area contributed by atoms with Crippen LogP contribution in [-0.2, 0) is 14.2 Å². The third-order valence-electron chi connectivity index (χ3n) is 2.19. The van der Waals surface area contributed by atoms with E-state index in [1.807, 2.05) is 0 Å². The van der Waals surface area contributed by atoms with Gasteiger partial charge in [0.15, 0.2) is 8.03 Å². The Labute approximate surface area is 86.8 Å². The van der Waals surface area contributed by atoms with Crippen LogP contribution in [0, 0.1) is 11.8 Å². The number of carbonyl (C=O) groups is 2. The summed E-state index contributed by atoms with van der Waals surface area (Å²) >= 11 is 0. The third kappa shape index (κ3) is 4.42. The summed E-state index contributed by atoms with van der Waals surface area (Å²) in [5.41, 5.74) is 5.25. The molecule has 0 saturated heterocycles. The van der Waals surface area contributed by atoms with Crippen LogP contribution in [0.1, 0.15) is 6.92 Å². The van der Waals surface area contributed by atoms with E-state index in [1.54, 1.807) is 0 Å². The second-order valence-corrected chi connectivity index (χ2v) is 4.45. The number of carboxylic acid groups (broad SMARTS) is 2. The van der Waals surface area contributed by atoms with E-state index < -0.39 is 44.0 Å². The predicted molar refractivity (Wildman–Crippen MR) is 52.0 cm³/mol. The lowest BCUT2D eigenvalue weighted by Gasteiger charge is -2.22. The van der Waals surface area contributed by atoms with Crippen LogP contribution in [0.5, 0.6) is 0 Å². The van der Waals surface area contributed by atoms with Gasteiger partial charge in [0.2, 0.25) is 0 Å². The van der Waals surface area contributed by atoms with Crippen molar-refractivity contribution in [3.8, 4) is 0 Å². The second kappa shape index (κ2) is 5.85. The van der Waals surface area contributed by atoms with E-state index in [-0.39, 0.29) is 0 Å². The summed E-state index contributed by atoms with van der Waals surface area (Å²) < 4.78 is 10.6. The fourth-order valence-corrected chi connectivity index (χ4v) is 2.19. The van der Waals surface area contributed by atoms with Crippen molar-refractivity contribution in [1.82, 2.24) is 0 Å². The zero-order valence-corrected chi connectivity index (χ0v) is 9.08. The molecule has 4 atom stereocenters. The van der Waals surface area contributed by atoms with Gasteiger partial charge in [0, 0.05) is 12.1 Å². The van der Waals surface area contributed by atoms with Gasteiger partial charge in [-0.1, -0.05) is 6.92 Å². The fourth-order valence-electron chi connectivity index (χ4n) is 1.18. The summed E-state index contributed by atoms with van der Waals surface area (Å²) in [4.78, 5) is 29.9. The lowest BCUT2D eigenvalue weighted by atomic mass is 9.89. The van der Waals surface area contributed by atoms with Gasteiger partial charge >= 0.3 is 11.9 Å². The molecule has 0 aromatic rings. The van der Waals surface area contributed by atoms with Gasteiger partial charge in [-0.3, -0.25) is 14.2 Å². The summed E-state index contributed by atoms with van der Waals surface area (Å²) in [5.74, 6) is -4.73. The van der Waals surface area contributed by atoms with E-state index in [0.717, 1.165) is 0 Å². The molecule has 5 N–H and O–H groups in total. The first-order chi connectivity index (χ1) is 6.77. The number of rotatable bonds is 6. The third-order valence-corrected chi connectivity index (χ3v) is 3.01. The van der Waals surface area contributed by atoms with Gasteiger partial charge in [-0.25, -0.2) is 0 Å². The van der Waals surface area contributed by atoms with Gasteiger partial charge in [0.05, 0.1) is 5.92 Å². The quantitative estimate of drug-likeness (QED) is 0.445. The molecule has 0 aromatic heterocycles. The summed E-state index contributed by atoms with van der Waals surface area (Å²) in [7, 11) is -2.95. The number of nitrogens with two attached hydrogens (primary N) is 1. The molecule has 0 bridgehead atoms. The molecule has 0 aromatic carbocycles. The van der Waals surface area contributed by atoms with Crippen LogP contribution in [0.3, 0.4) is 0 Å². The average molecular weight is 239 g/mol. The highest BCUT2D eigenvalue weighted by Crippen LogP contribution is 2.26. The maximum absolute atomic E-state index is 10.6. The van der Waals surface area contributed by atoms with E-state index in [2.05, 4.69) is 0 Å². The van der Waals surface area contributed by atoms with E-state index in [4.69, 9.17) is 20.8 Å². The summed E-state index contributed by atoms with van der Waals surface area (Å²) in [5, 5.41) is 17.3. The Hall–Kier alpha value is -0.910. The molecule has 8 heteroatoms. The summed E-state index contributed by atoms with van der Waals surface area (Å²) in [6.07, 6.45) is -0.397. The van der Waals surface area contributed by atoms with Crippen molar-refractivity contribution in [2.45, 2.75) is 13.0 Å². The van der Waals surface area contributed by atoms with Crippen LogP contribution in [0.15, 0.2) is 0 Å². The molecule has 0 amide bonds. The van der Waals surface area contributed by atoms with Gasteiger partial charge in [-0.2, -0.15) is 0 Å². The minimum atomic E-state index is -2.95. The molecule has 0 radical (unpaired) electrons. The van der Waals surface area contributed by atoms with Crippen molar-refractivity contribution in [1.29, 1.82) is 0 Å². The highest BCUT2D eigenvalue weighted by Gasteiger charge is 2.33. The van der Waals surface area contributed by atoms with Crippen molar-refractivity contribution < 1.29 is 29.3 Å². The monoisotopic (exact) mass is 239 g/mol. The first kappa shape index (κ1) is 14.1. The molecule has 88 valence electrons. The Bertz CT molecular complexity index is 261. The van der Waals surface area contributed by atoms with Crippen LogP contribution in [0.4, 0.5) is 0 Å². The highest BCUT2D eigenvalue weighted by molar-refractivity contribution is 7.38. The SMILES string of the molecule is CC(C(=O)O)C(C[PH](=O)O)C(N)C(=O)O. The summed E-state index contributed by atoms with van der Waals surface area (Å²) in [6.45, 7) is 1.26. The first-order valence-electron chi connectivity index (χ1n) is 4.20. The largest absolute Gasteiger partial charge is 0.481 e. The van der Waals surface area contributed by atoms with Crippen LogP contribution in [0.2, 0.25) is 0 Å². The Kier molecular flexibility index (Phi) is 5.49. The molecule has 4 unspecified atom stereocenters. The van der Waals surface area contributed by atoms with Crippen LogP contribution in [-0.4, -0.2) is 39.2 Å². The fraction of sp³-hybridized carbons (Fsp3) is 0.714. The Balaban J connectivity index is 4.79.